The summed E-state index contributed by atoms with van der Waals surface area (Å²) in [6.45, 7) is -1.94. The third kappa shape index (κ3) is 5.86. The van der Waals surface area contributed by atoms with Gasteiger partial charge in [-0.15, -0.1) is 0 Å². The monoisotopic (exact) mass is 624 g/mol. The Hall–Kier alpha value is -3.92. The van der Waals surface area contributed by atoms with Crippen LogP contribution in [-0.4, -0.2) is 59.5 Å². The van der Waals surface area contributed by atoms with Crippen LogP contribution in [-0.2, 0) is 13.8 Å². The lowest BCUT2D eigenvalue weighted by atomic mass is 9.95. The molecule has 18 heteroatoms. The molecule has 2 N–H and O–H groups in total. The molecule has 1 fully saturated rings. The number of methoxy groups -OCH3 is 2. The summed E-state index contributed by atoms with van der Waals surface area (Å²) in [5, 5.41) is 10.2. The van der Waals surface area contributed by atoms with Crippen LogP contribution < -0.4 is 29.8 Å². The molecule has 0 bridgehead atoms. The number of aliphatic hydroxyl groups excluding tert-OH is 1. The molecule has 0 radical (unpaired) electrons. The Morgan fingerprint density at radius 2 is 1.45 bits per heavy atom. The summed E-state index contributed by atoms with van der Waals surface area (Å²) in [5.41, 5.74) is -7.17. The maximum absolute atomic E-state index is 15.3. The van der Waals surface area contributed by atoms with Gasteiger partial charge in [0.15, 0.2) is 12.3 Å². The number of halogens is 5. The third-order valence-corrected chi connectivity index (χ3v) is 7.39. The van der Waals surface area contributed by atoms with Crippen molar-refractivity contribution in [3.8, 4) is 23.0 Å². The minimum Gasteiger partial charge on any atom is -0.497 e. The van der Waals surface area contributed by atoms with E-state index in [-0.39, 0.29) is 22.3 Å². The average Bonchev–Trinajstić information content (AvgIpc) is 3.16. The summed E-state index contributed by atoms with van der Waals surface area (Å²) in [5.74, 6) is -6.32. The van der Waals surface area contributed by atoms with Crippen LogP contribution in [0.15, 0.2) is 64.3 Å². The van der Waals surface area contributed by atoms with Crippen molar-refractivity contribution in [1.29, 1.82) is 0 Å². The number of hydrogen-bond acceptors (Lipinski definition) is 10. The van der Waals surface area contributed by atoms with Crippen molar-refractivity contribution in [2.24, 2.45) is 0 Å². The van der Waals surface area contributed by atoms with E-state index >= 15 is 8.78 Å². The van der Waals surface area contributed by atoms with Gasteiger partial charge >= 0.3 is 19.4 Å². The van der Waals surface area contributed by atoms with Crippen molar-refractivity contribution in [3.63, 3.8) is 0 Å². The van der Waals surface area contributed by atoms with Crippen LogP contribution in [0, 0.1) is 5.82 Å². The summed E-state index contributed by atoms with van der Waals surface area (Å²) >= 11 is 0. The molecule has 3 atom stereocenters. The number of H-pyrrole nitrogens is 1. The number of aromatic amines is 1. The first-order valence-electron chi connectivity index (χ1n) is 11.7. The molecule has 1 unspecified atom stereocenters. The highest BCUT2D eigenvalue weighted by Gasteiger charge is 2.74. The summed E-state index contributed by atoms with van der Waals surface area (Å²) < 4.78 is 117. The summed E-state index contributed by atoms with van der Waals surface area (Å²) in [6.07, 6.45) is -9.90. The van der Waals surface area contributed by atoms with Gasteiger partial charge in [-0.3, -0.25) is 18.9 Å². The Balaban J connectivity index is 1.69. The lowest BCUT2D eigenvalue weighted by Gasteiger charge is -2.33. The predicted molar refractivity (Wildman–Crippen MR) is 132 cm³/mol. The molecular weight excluding hydrogens is 602 g/mol. The van der Waals surface area contributed by atoms with Crippen LogP contribution in [0.3, 0.4) is 0 Å². The van der Waals surface area contributed by atoms with Gasteiger partial charge < -0.3 is 28.4 Å². The zero-order valence-electron chi connectivity index (χ0n) is 21.5. The highest BCUT2D eigenvalue weighted by atomic mass is 31.2. The van der Waals surface area contributed by atoms with E-state index in [4.69, 9.17) is 27.8 Å². The van der Waals surface area contributed by atoms with E-state index in [1.165, 1.54) is 67.7 Å². The molecule has 0 spiro atoms. The first-order valence-corrected chi connectivity index (χ1v) is 13.2. The van der Waals surface area contributed by atoms with E-state index in [0.717, 1.165) is 0 Å². The molecule has 1 aliphatic rings. The summed E-state index contributed by atoms with van der Waals surface area (Å²) in [4.78, 5) is 24.9. The van der Waals surface area contributed by atoms with E-state index in [1.54, 1.807) is 0 Å². The van der Waals surface area contributed by atoms with Crippen LogP contribution in [0.1, 0.15) is 6.23 Å². The van der Waals surface area contributed by atoms with Crippen LogP contribution in [0.25, 0.3) is 0 Å². The van der Waals surface area contributed by atoms with Crippen molar-refractivity contribution in [2.45, 2.75) is 30.3 Å². The van der Waals surface area contributed by atoms with E-state index in [1.807, 2.05) is 0 Å². The van der Waals surface area contributed by atoms with Crippen LogP contribution in [0.2, 0.25) is 0 Å². The molecule has 12 nitrogen and oxygen atoms in total. The third-order valence-electron chi connectivity index (χ3n) is 6.08. The van der Waals surface area contributed by atoms with Gasteiger partial charge in [-0.25, -0.2) is 18.1 Å². The molecule has 2 heterocycles. The van der Waals surface area contributed by atoms with Crippen molar-refractivity contribution in [3.05, 3.63) is 81.4 Å². The van der Waals surface area contributed by atoms with Crippen molar-refractivity contribution in [1.82, 2.24) is 9.55 Å². The molecule has 1 aliphatic heterocycles. The molecule has 0 amide bonds. The maximum atomic E-state index is 15.3. The first kappa shape index (κ1) is 31.0. The SMILES string of the molecule is COc1ccc(OP(=O)(OC[C@]2(C(F)F)O[C@H](n3cc(F)c(=O)[nH]c3=O)C(O)C2(F)F)Oc2ccc(OC)cc2)cc1. The molecular formula is C24H22F5N2O10P. The minimum atomic E-state index is -5.12. The lowest BCUT2D eigenvalue weighted by Crippen LogP contribution is -2.57. The normalized spacial score (nSPS) is 21.7. The zero-order valence-corrected chi connectivity index (χ0v) is 22.4. The van der Waals surface area contributed by atoms with Crippen LogP contribution >= 0.6 is 7.82 Å². The number of ether oxygens (including phenoxy) is 3. The Kier molecular flexibility index (Phi) is 8.68. The second-order valence-electron chi connectivity index (χ2n) is 8.66. The quantitative estimate of drug-likeness (QED) is 0.240. The molecule has 0 saturated carbocycles. The first-order chi connectivity index (χ1) is 19.7. The number of hydrogen-bond donors (Lipinski definition) is 2. The fourth-order valence-corrected chi connectivity index (χ4v) is 5.07. The molecule has 1 aromatic heterocycles. The highest BCUT2D eigenvalue weighted by Crippen LogP contribution is 2.56. The van der Waals surface area contributed by atoms with Crippen LogP contribution in [0.5, 0.6) is 23.0 Å². The summed E-state index contributed by atoms with van der Waals surface area (Å²) in [7, 11) is -2.40. The Morgan fingerprint density at radius 1 is 0.976 bits per heavy atom. The smallest absolute Gasteiger partial charge is 0.497 e. The second kappa shape index (κ2) is 11.8. The largest absolute Gasteiger partial charge is 0.587 e. The van der Waals surface area contributed by atoms with E-state index in [2.05, 4.69) is 0 Å². The molecule has 42 heavy (non-hydrogen) atoms. The van der Waals surface area contributed by atoms with Gasteiger partial charge in [0.05, 0.1) is 20.4 Å². The molecule has 3 aromatic rings. The molecule has 2 aromatic carbocycles. The molecule has 0 aliphatic carbocycles. The number of nitrogens with one attached hydrogen (secondary N) is 1. The number of aliphatic hydroxyl groups is 1. The Bertz CT molecular complexity index is 1510. The predicted octanol–water partition coefficient (Wildman–Crippen LogP) is 3.50. The second-order valence-corrected chi connectivity index (χ2v) is 10.2. The molecule has 228 valence electrons. The van der Waals surface area contributed by atoms with E-state index in [9.17, 15) is 32.4 Å². The van der Waals surface area contributed by atoms with Gasteiger partial charge in [0.25, 0.3) is 12.0 Å². The number of nitrogens with zero attached hydrogens (tertiary/aromatic N) is 1. The van der Waals surface area contributed by atoms with E-state index < -0.39 is 61.8 Å². The van der Waals surface area contributed by atoms with Gasteiger partial charge in [-0.1, -0.05) is 0 Å². The van der Waals surface area contributed by atoms with Crippen molar-refractivity contribution in [2.75, 3.05) is 20.8 Å². The Labute approximate surface area is 232 Å². The highest BCUT2D eigenvalue weighted by molar-refractivity contribution is 7.49. The molecule has 1 saturated heterocycles. The minimum absolute atomic E-state index is 0.0409. The Morgan fingerprint density at radius 3 is 1.90 bits per heavy atom. The van der Waals surface area contributed by atoms with Gasteiger partial charge in [0.2, 0.25) is 11.4 Å². The zero-order chi connectivity index (χ0) is 30.9. The number of phosphoric ester groups is 1. The standard InChI is InChI=1S/C24H22F5N2O10P/c1-36-13-3-7-15(8-4-13)40-42(35,41-16-9-5-14(37-2)6-10-16)38-12-23(21(26)27)24(28,29)18(32)20(39-23)31-11-17(25)19(33)30-22(31)34/h3-11,18,20-21,32H,12H2,1-2H3,(H,30,33,34)/t18?,20-,23+/m0/s1. The topological polar surface area (TPSA) is 148 Å². The van der Waals surface area contributed by atoms with Crippen molar-refractivity contribution >= 4 is 7.82 Å². The number of alkyl halides is 4. The number of phosphoric acid groups is 1. The molecule has 4 rings (SSSR count). The van der Waals surface area contributed by atoms with E-state index in [0.29, 0.717) is 11.5 Å². The van der Waals surface area contributed by atoms with Crippen molar-refractivity contribution < 1.29 is 59.4 Å². The van der Waals surface area contributed by atoms with Gasteiger partial charge in [-0.05, 0) is 48.5 Å². The van der Waals surface area contributed by atoms with Gasteiger partial charge in [0, 0.05) is 0 Å². The number of benzene rings is 2. The summed E-state index contributed by atoms with van der Waals surface area (Å²) in [6, 6.07) is 10.4. The maximum Gasteiger partial charge on any atom is 0.587 e. The fourth-order valence-electron chi connectivity index (χ4n) is 3.81. The lowest BCUT2D eigenvalue weighted by molar-refractivity contribution is -0.242. The number of aromatic nitrogens is 2. The fraction of sp³-hybridized carbons (Fsp3) is 0.333. The van der Waals surface area contributed by atoms with Gasteiger partial charge in [-0.2, -0.15) is 13.2 Å². The van der Waals surface area contributed by atoms with Gasteiger partial charge in [0.1, 0.15) is 29.6 Å². The number of rotatable bonds is 11. The average molecular weight is 624 g/mol. The van der Waals surface area contributed by atoms with Crippen LogP contribution in [0.4, 0.5) is 22.0 Å².